The first-order chi connectivity index (χ1) is 12.2. The zero-order valence-electron chi connectivity index (χ0n) is 14.9. The molecule has 6 nitrogen and oxygen atoms in total. The number of anilines is 1. The fourth-order valence-electron chi connectivity index (χ4n) is 2.37. The van der Waals surface area contributed by atoms with Crippen LogP contribution in [-0.2, 0) is 6.42 Å². The molecule has 0 atom stereocenters. The van der Waals surface area contributed by atoms with Gasteiger partial charge in [0.2, 0.25) is 0 Å². The summed E-state index contributed by atoms with van der Waals surface area (Å²) < 4.78 is 5.22. The molecule has 0 bridgehead atoms. The molecule has 1 aromatic heterocycles. The number of hydrogen-bond acceptors (Lipinski definition) is 5. The Morgan fingerprint density at radius 2 is 2.04 bits per heavy atom. The van der Waals surface area contributed by atoms with E-state index in [9.17, 15) is 4.79 Å². The molecular weight excluding hydrogens is 316 g/mol. The third-order valence-corrected chi connectivity index (χ3v) is 3.80. The van der Waals surface area contributed by atoms with Gasteiger partial charge in [-0.3, -0.25) is 4.79 Å². The molecule has 0 radical (unpaired) electrons. The zero-order valence-corrected chi connectivity index (χ0v) is 14.9. The first kappa shape index (κ1) is 18.7. The van der Waals surface area contributed by atoms with Gasteiger partial charge >= 0.3 is 0 Å². The largest absolute Gasteiger partial charge is 0.497 e. The fourth-order valence-corrected chi connectivity index (χ4v) is 2.37. The lowest BCUT2D eigenvalue weighted by molar-refractivity contribution is 0.0947. The Kier molecular flexibility index (Phi) is 7.69. The molecule has 2 aromatic rings. The maximum absolute atomic E-state index is 11.9. The normalized spacial score (nSPS) is 10.3. The third kappa shape index (κ3) is 6.41. The number of rotatable bonds is 10. The highest BCUT2D eigenvalue weighted by Gasteiger charge is 2.07. The minimum atomic E-state index is -0.175. The molecule has 1 heterocycles. The van der Waals surface area contributed by atoms with E-state index in [4.69, 9.17) is 4.74 Å². The standard InChI is InChI=1S/C19H26N4O2/c1-3-4-5-10-21-19(24)17-13-23-18(14-22-17)20-11-9-15-7-6-8-16(12-15)25-2/h6-8,12-14H,3-5,9-11H2,1-2H3,(H,20,23)(H,21,24). The Labute approximate surface area is 149 Å². The van der Waals surface area contributed by atoms with Gasteiger partial charge in [0.1, 0.15) is 17.3 Å². The van der Waals surface area contributed by atoms with E-state index in [1.165, 1.54) is 11.8 Å². The number of nitrogens with zero attached hydrogens (tertiary/aromatic N) is 2. The minimum absolute atomic E-state index is 0.175. The van der Waals surface area contributed by atoms with Gasteiger partial charge in [-0.15, -0.1) is 0 Å². The van der Waals surface area contributed by atoms with Gasteiger partial charge in [0.15, 0.2) is 0 Å². The van der Waals surface area contributed by atoms with Gasteiger partial charge in [-0.05, 0) is 30.5 Å². The first-order valence-corrected chi connectivity index (χ1v) is 8.70. The summed E-state index contributed by atoms with van der Waals surface area (Å²) in [5.41, 5.74) is 1.53. The van der Waals surface area contributed by atoms with E-state index in [-0.39, 0.29) is 5.91 Å². The lowest BCUT2D eigenvalue weighted by atomic mass is 10.1. The van der Waals surface area contributed by atoms with Gasteiger partial charge in [0, 0.05) is 13.1 Å². The molecule has 0 aliphatic heterocycles. The van der Waals surface area contributed by atoms with Gasteiger partial charge < -0.3 is 15.4 Å². The van der Waals surface area contributed by atoms with Crippen molar-refractivity contribution >= 4 is 11.7 Å². The van der Waals surface area contributed by atoms with E-state index in [1.807, 2.05) is 18.2 Å². The highest BCUT2D eigenvalue weighted by Crippen LogP contribution is 2.13. The van der Waals surface area contributed by atoms with Crippen LogP contribution in [0.4, 0.5) is 5.82 Å². The van der Waals surface area contributed by atoms with Crippen molar-refractivity contribution in [2.75, 3.05) is 25.5 Å². The predicted octanol–water partition coefficient (Wildman–Crippen LogP) is 3.06. The molecule has 6 heteroatoms. The molecule has 0 aliphatic carbocycles. The van der Waals surface area contributed by atoms with Crippen LogP contribution in [0, 0.1) is 0 Å². The molecule has 1 aromatic carbocycles. The van der Waals surface area contributed by atoms with Crippen LogP contribution in [-0.4, -0.2) is 36.1 Å². The Morgan fingerprint density at radius 1 is 1.16 bits per heavy atom. The van der Waals surface area contributed by atoms with Crippen LogP contribution >= 0.6 is 0 Å². The van der Waals surface area contributed by atoms with E-state index in [0.717, 1.165) is 38.0 Å². The molecule has 0 fully saturated rings. The molecular formula is C19H26N4O2. The second-order valence-corrected chi connectivity index (χ2v) is 5.78. The summed E-state index contributed by atoms with van der Waals surface area (Å²) in [4.78, 5) is 20.4. The van der Waals surface area contributed by atoms with Gasteiger partial charge in [-0.2, -0.15) is 0 Å². The first-order valence-electron chi connectivity index (χ1n) is 8.70. The maximum atomic E-state index is 11.9. The molecule has 25 heavy (non-hydrogen) atoms. The average Bonchev–Trinajstić information content (AvgIpc) is 2.66. The molecule has 1 amide bonds. The Morgan fingerprint density at radius 3 is 2.76 bits per heavy atom. The number of unbranched alkanes of at least 4 members (excludes halogenated alkanes) is 2. The van der Waals surface area contributed by atoms with Gasteiger partial charge in [-0.1, -0.05) is 31.9 Å². The number of hydrogen-bond donors (Lipinski definition) is 2. The van der Waals surface area contributed by atoms with Gasteiger partial charge in [0.25, 0.3) is 5.91 Å². The van der Waals surface area contributed by atoms with Gasteiger partial charge in [-0.25, -0.2) is 9.97 Å². The van der Waals surface area contributed by atoms with Crippen LogP contribution in [0.15, 0.2) is 36.7 Å². The predicted molar refractivity (Wildman–Crippen MR) is 99.1 cm³/mol. The SMILES string of the molecule is CCCCCNC(=O)c1cnc(NCCc2cccc(OC)c2)cn1. The number of benzene rings is 1. The summed E-state index contributed by atoms with van der Waals surface area (Å²) in [6.45, 7) is 3.53. The molecule has 2 rings (SSSR count). The zero-order chi connectivity index (χ0) is 17.9. The van der Waals surface area contributed by atoms with Crippen molar-refractivity contribution in [3.05, 3.63) is 47.9 Å². The third-order valence-electron chi connectivity index (χ3n) is 3.80. The summed E-state index contributed by atoms with van der Waals surface area (Å²) in [5, 5.41) is 6.07. The number of aromatic nitrogens is 2. The van der Waals surface area contributed by atoms with E-state index in [1.54, 1.807) is 13.3 Å². The van der Waals surface area contributed by atoms with E-state index >= 15 is 0 Å². The topological polar surface area (TPSA) is 76.1 Å². The van der Waals surface area contributed by atoms with Crippen molar-refractivity contribution in [2.24, 2.45) is 0 Å². The van der Waals surface area contributed by atoms with Crippen molar-refractivity contribution < 1.29 is 9.53 Å². The molecule has 2 N–H and O–H groups in total. The van der Waals surface area contributed by atoms with Crippen LogP contribution in [0.2, 0.25) is 0 Å². The van der Waals surface area contributed by atoms with E-state index in [0.29, 0.717) is 18.1 Å². The van der Waals surface area contributed by atoms with Crippen LogP contribution in [0.5, 0.6) is 5.75 Å². The lowest BCUT2D eigenvalue weighted by Crippen LogP contribution is -2.25. The van der Waals surface area contributed by atoms with Crippen LogP contribution < -0.4 is 15.4 Å². The number of methoxy groups -OCH3 is 1. The Bertz CT molecular complexity index is 659. The van der Waals surface area contributed by atoms with Crippen molar-refractivity contribution in [3.8, 4) is 5.75 Å². The highest BCUT2D eigenvalue weighted by atomic mass is 16.5. The average molecular weight is 342 g/mol. The second kappa shape index (κ2) is 10.3. The molecule has 0 saturated carbocycles. The van der Waals surface area contributed by atoms with Crippen LogP contribution in [0.3, 0.4) is 0 Å². The fraction of sp³-hybridized carbons (Fsp3) is 0.421. The van der Waals surface area contributed by atoms with Crippen molar-refractivity contribution in [1.29, 1.82) is 0 Å². The molecule has 0 saturated heterocycles. The van der Waals surface area contributed by atoms with Crippen molar-refractivity contribution in [1.82, 2.24) is 15.3 Å². The van der Waals surface area contributed by atoms with Crippen LogP contribution in [0.25, 0.3) is 0 Å². The maximum Gasteiger partial charge on any atom is 0.271 e. The Hall–Kier alpha value is -2.63. The number of nitrogens with one attached hydrogen (secondary N) is 2. The second-order valence-electron chi connectivity index (χ2n) is 5.78. The summed E-state index contributed by atoms with van der Waals surface area (Å²) >= 11 is 0. The smallest absolute Gasteiger partial charge is 0.271 e. The van der Waals surface area contributed by atoms with Crippen molar-refractivity contribution in [3.63, 3.8) is 0 Å². The molecule has 0 aliphatic rings. The van der Waals surface area contributed by atoms with Crippen LogP contribution in [0.1, 0.15) is 42.2 Å². The number of ether oxygens (including phenoxy) is 1. The molecule has 0 spiro atoms. The summed E-state index contributed by atoms with van der Waals surface area (Å²) in [7, 11) is 1.66. The monoisotopic (exact) mass is 342 g/mol. The molecule has 0 unspecified atom stereocenters. The van der Waals surface area contributed by atoms with E-state index in [2.05, 4.69) is 33.6 Å². The summed E-state index contributed by atoms with van der Waals surface area (Å²) in [5.74, 6) is 1.34. The molecule has 134 valence electrons. The minimum Gasteiger partial charge on any atom is -0.497 e. The van der Waals surface area contributed by atoms with Gasteiger partial charge in [0.05, 0.1) is 19.5 Å². The summed E-state index contributed by atoms with van der Waals surface area (Å²) in [6.07, 6.45) is 7.17. The lowest BCUT2D eigenvalue weighted by Gasteiger charge is -2.08. The van der Waals surface area contributed by atoms with Crippen molar-refractivity contribution in [2.45, 2.75) is 32.6 Å². The number of carbonyl (C=O) groups excluding carboxylic acids is 1. The highest BCUT2D eigenvalue weighted by molar-refractivity contribution is 5.91. The summed E-state index contributed by atoms with van der Waals surface area (Å²) in [6, 6.07) is 7.97. The number of amides is 1. The Balaban J connectivity index is 1.76. The number of carbonyl (C=O) groups is 1. The van der Waals surface area contributed by atoms with E-state index < -0.39 is 0 Å². The quantitative estimate of drug-likeness (QED) is 0.649.